The van der Waals surface area contributed by atoms with Crippen LogP contribution in [-0.4, -0.2) is 14.4 Å². The first-order valence-corrected chi connectivity index (χ1v) is 11.1. The van der Waals surface area contributed by atoms with Gasteiger partial charge in [-0.25, -0.2) is 8.42 Å². The molecule has 0 saturated carbocycles. The number of halogens is 3. The molecule has 0 heterocycles. The Morgan fingerprint density at radius 1 is 1.17 bits per heavy atom. The molecule has 104 valence electrons. The third kappa shape index (κ3) is 18.0. The van der Waals surface area contributed by atoms with Gasteiger partial charge in [0.25, 0.3) is 0 Å². The number of azide groups is 1. The fraction of sp³-hybridized carbons (Fsp3) is 1.00. The van der Waals surface area contributed by atoms with Crippen molar-refractivity contribution in [2.45, 2.75) is 26.3 Å². The van der Waals surface area contributed by atoms with Gasteiger partial charge in [-0.05, 0) is 23.0 Å². The first-order valence-electron chi connectivity index (χ1n) is 4.48. The van der Waals surface area contributed by atoms with Crippen LogP contribution in [0.1, 0.15) is 20.3 Å². The van der Waals surface area contributed by atoms with Gasteiger partial charge in [0.2, 0.25) is 0 Å². The Morgan fingerprint density at radius 3 is 1.72 bits per heavy atom. The van der Waals surface area contributed by atoms with E-state index in [1.54, 1.807) is 0 Å². The van der Waals surface area contributed by atoms with Crippen LogP contribution < -0.4 is 0 Å². The molecule has 0 radical (unpaired) electrons. The minimum absolute atomic E-state index is 0.646. The average Bonchev–Trinajstić information content (AvgIpc) is 2.14. The van der Waals surface area contributed by atoms with Gasteiger partial charge < -0.3 is 0 Å². The third-order valence-corrected chi connectivity index (χ3v) is 4.40. The first-order chi connectivity index (χ1) is 8.04. The van der Waals surface area contributed by atoms with E-state index in [0.717, 1.165) is 12.5 Å². The lowest BCUT2D eigenvalue weighted by molar-refractivity contribution is 0.599. The van der Waals surface area contributed by atoms with Crippen LogP contribution in [0.2, 0.25) is 6.04 Å². The molecule has 18 heavy (non-hydrogen) atoms. The van der Waals surface area contributed by atoms with Gasteiger partial charge in [0.1, 0.15) is 0 Å². The molecule has 0 rings (SSSR count). The molecular weight excluding hydrogens is 343 g/mol. The number of hydrogen-bond donors (Lipinski definition) is 0. The molecule has 0 atom stereocenters. The van der Waals surface area contributed by atoms with Crippen molar-refractivity contribution in [1.29, 1.82) is 0 Å². The zero-order chi connectivity index (χ0) is 14.8. The quantitative estimate of drug-likeness (QED) is 0.236. The zero-order valence-electron chi connectivity index (χ0n) is 9.53. The highest BCUT2D eigenvalue weighted by atomic mass is 35.8. The van der Waals surface area contributed by atoms with Crippen molar-refractivity contribution in [3.63, 3.8) is 0 Å². The standard InChI is InChI=1S/C5H11Cl3Si.N6O2S/c1-5(2)3-4-9(6,7)8;1-3-5-9(7,8)6-4-2/h5H,3-4H2,1-2H3;. The highest BCUT2D eigenvalue weighted by Gasteiger charge is 2.24. The van der Waals surface area contributed by atoms with Gasteiger partial charge in [0.15, 0.2) is 0 Å². The molecule has 8 nitrogen and oxygen atoms in total. The highest BCUT2D eigenvalue weighted by Crippen LogP contribution is 2.27. The van der Waals surface area contributed by atoms with Gasteiger partial charge in [-0.3, -0.25) is 0 Å². The van der Waals surface area contributed by atoms with Crippen molar-refractivity contribution in [2.24, 2.45) is 15.0 Å². The minimum atomic E-state index is -4.27. The largest absolute Gasteiger partial charge is 0.341 e. The van der Waals surface area contributed by atoms with Crippen LogP contribution in [0, 0.1) is 5.92 Å². The molecule has 0 aliphatic carbocycles. The van der Waals surface area contributed by atoms with E-state index >= 15 is 0 Å². The highest BCUT2D eigenvalue weighted by molar-refractivity contribution is 7.88. The van der Waals surface area contributed by atoms with E-state index in [1.807, 2.05) is 9.82 Å². The van der Waals surface area contributed by atoms with Crippen LogP contribution in [0.4, 0.5) is 0 Å². The normalized spacial score (nSPS) is 10.8. The number of hydrogen-bond acceptors (Lipinski definition) is 2. The van der Waals surface area contributed by atoms with Gasteiger partial charge in [0, 0.05) is 18.9 Å². The van der Waals surface area contributed by atoms with Gasteiger partial charge in [0.05, 0.1) is 0 Å². The third-order valence-electron chi connectivity index (χ3n) is 1.28. The maximum Gasteiger partial charge on any atom is 0.341 e. The van der Waals surface area contributed by atoms with Crippen molar-refractivity contribution in [1.82, 2.24) is 0 Å². The summed E-state index contributed by atoms with van der Waals surface area (Å²) in [5.74, 6) is 0.646. The van der Waals surface area contributed by atoms with Crippen LogP contribution in [0.3, 0.4) is 0 Å². The fourth-order valence-corrected chi connectivity index (χ4v) is 2.66. The summed E-state index contributed by atoms with van der Waals surface area (Å²) in [6.07, 6.45) is 1.03. The average molecular weight is 354 g/mol. The molecule has 0 bridgehead atoms. The van der Waals surface area contributed by atoms with E-state index < -0.39 is 16.2 Å². The Labute approximate surface area is 120 Å². The number of nitrogens with zero attached hydrogens (tertiary/aromatic N) is 6. The van der Waals surface area contributed by atoms with Crippen LogP contribution >= 0.6 is 33.2 Å². The molecule has 0 spiro atoms. The zero-order valence-corrected chi connectivity index (χ0v) is 13.6. The first kappa shape index (κ1) is 20.0. The molecule has 0 N–H and O–H groups in total. The Bertz CT molecular complexity index is 413. The summed E-state index contributed by atoms with van der Waals surface area (Å²) in [6.45, 7) is 4.26. The summed E-state index contributed by atoms with van der Waals surface area (Å²) in [7, 11) is -4.27. The van der Waals surface area contributed by atoms with E-state index in [4.69, 9.17) is 44.3 Å². The second kappa shape index (κ2) is 9.57. The summed E-state index contributed by atoms with van der Waals surface area (Å²) in [5, 5.41) is 0. The van der Waals surface area contributed by atoms with Crippen LogP contribution in [0.15, 0.2) is 9.04 Å². The molecule has 0 unspecified atom stereocenters. The molecule has 13 heteroatoms. The lowest BCUT2D eigenvalue weighted by atomic mass is 10.2. The predicted molar refractivity (Wildman–Crippen MR) is 74.8 cm³/mol. The molecule has 0 aromatic rings. The van der Waals surface area contributed by atoms with Crippen molar-refractivity contribution in [3.8, 4) is 0 Å². The Hall–Kier alpha value is -0.343. The topological polar surface area (TPSA) is 132 Å². The summed E-state index contributed by atoms with van der Waals surface area (Å²) in [5.41, 5.74) is 15.0. The molecule has 0 aromatic carbocycles. The van der Waals surface area contributed by atoms with Crippen molar-refractivity contribution < 1.29 is 8.42 Å². The molecule has 0 amide bonds. The summed E-state index contributed by atoms with van der Waals surface area (Å²) in [4.78, 5) is 3.80. The fourth-order valence-electron chi connectivity index (χ4n) is 0.561. The Balaban J connectivity index is 0. The second-order valence-electron chi connectivity index (χ2n) is 3.34. The van der Waals surface area contributed by atoms with E-state index in [-0.39, 0.29) is 0 Å². The van der Waals surface area contributed by atoms with Gasteiger partial charge >= 0.3 is 16.2 Å². The van der Waals surface area contributed by atoms with E-state index in [9.17, 15) is 8.42 Å². The molecule has 0 saturated heterocycles. The van der Waals surface area contributed by atoms with Crippen molar-refractivity contribution in [3.05, 3.63) is 20.9 Å². The lowest BCUT2D eigenvalue weighted by Gasteiger charge is -2.08. The second-order valence-corrected chi connectivity index (χ2v) is 13.8. The summed E-state index contributed by atoms with van der Waals surface area (Å²) < 4.78 is 24.3. The molecule has 0 fully saturated rings. The summed E-state index contributed by atoms with van der Waals surface area (Å²) >= 11 is 16.9. The van der Waals surface area contributed by atoms with E-state index in [1.165, 1.54) is 0 Å². The number of rotatable bonds is 5. The van der Waals surface area contributed by atoms with Gasteiger partial charge in [-0.2, -0.15) is 0 Å². The van der Waals surface area contributed by atoms with Gasteiger partial charge in [-0.15, -0.1) is 33.2 Å². The molecule has 0 aromatic heterocycles. The maximum absolute atomic E-state index is 9.99. The van der Waals surface area contributed by atoms with Gasteiger partial charge in [-0.1, -0.05) is 20.3 Å². The Kier molecular flexibility index (Phi) is 10.6. The predicted octanol–water partition coefficient (Wildman–Crippen LogP) is 4.54. The van der Waals surface area contributed by atoms with Crippen LogP contribution in [0.25, 0.3) is 20.9 Å². The van der Waals surface area contributed by atoms with E-state index in [0.29, 0.717) is 5.92 Å². The maximum atomic E-state index is 9.99. The SMILES string of the molecule is CC(C)CC[Si](Cl)(Cl)Cl.[N-]=[N+]=NS(=O)(=O)N=[N+]=[N-]. The monoisotopic (exact) mass is 352 g/mol. The van der Waals surface area contributed by atoms with Crippen molar-refractivity contribution >= 4 is 49.4 Å². The minimum Gasteiger partial charge on any atom is -0.213 e. The molecule has 0 aliphatic heterocycles. The van der Waals surface area contributed by atoms with Crippen molar-refractivity contribution in [2.75, 3.05) is 0 Å². The van der Waals surface area contributed by atoms with E-state index in [2.05, 4.69) is 22.9 Å². The van der Waals surface area contributed by atoms with Crippen LogP contribution in [-0.2, 0) is 10.2 Å². The Morgan fingerprint density at radius 2 is 1.56 bits per heavy atom. The van der Waals surface area contributed by atoms with Crippen LogP contribution in [0.5, 0.6) is 0 Å². The lowest BCUT2D eigenvalue weighted by Crippen LogP contribution is -2.09. The smallest absolute Gasteiger partial charge is 0.213 e. The summed E-state index contributed by atoms with van der Waals surface area (Å²) in [6, 6.07) is -1.52. The molecular formula is C5H11Cl3N6O2SSi. The molecule has 0 aliphatic rings.